The average Bonchev–Trinajstić information content (AvgIpc) is 3.21. The van der Waals surface area contributed by atoms with Crippen molar-refractivity contribution < 1.29 is 22.8 Å². The molecule has 5 atom stereocenters. The molecule has 0 aromatic rings. The Kier molecular flexibility index (Phi) is 7.07. The summed E-state index contributed by atoms with van der Waals surface area (Å²) in [6.07, 6.45) is -0.349. The minimum atomic E-state index is -2.08. The van der Waals surface area contributed by atoms with Gasteiger partial charge in [0.2, 0.25) is 0 Å². The van der Waals surface area contributed by atoms with Crippen LogP contribution >= 0.6 is 0 Å². The van der Waals surface area contributed by atoms with Crippen LogP contribution in [0.5, 0.6) is 0 Å². The van der Waals surface area contributed by atoms with Gasteiger partial charge >= 0.3 is 0 Å². The summed E-state index contributed by atoms with van der Waals surface area (Å²) >= 11 is 0. The Morgan fingerprint density at radius 3 is 2.33 bits per heavy atom. The fraction of sp³-hybridized carbons (Fsp3) is 0.864. The summed E-state index contributed by atoms with van der Waals surface area (Å²) in [5.74, 6) is -0.490. The number of hydrogen-bond donors (Lipinski definition) is 1. The number of amidine groups is 1. The third kappa shape index (κ3) is 5.42. The first kappa shape index (κ1) is 26.5. The lowest BCUT2D eigenvalue weighted by Crippen LogP contribution is -2.52. The normalized spacial score (nSPS) is 31.0. The lowest BCUT2D eigenvalue weighted by molar-refractivity contribution is -0.123. The highest BCUT2D eigenvalue weighted by atomic mass is 28.4. The van der Waals surface area contributed by atoms with E-state index in [1.54, 1.807) is 11.2 Å². The van der Waals surface area contributed by atoms with Crippen LogP contribution in [0.15, 0.2) is 9.98 Å². The van der Waals surface area contributed by atoms with E-state index in [4.69, 9.17) is 13.6 Å². The minimum Gasteiger partial charge on any atom is -0.414 e. The van der Waals surface area contributed by atoms with E-state index in [2.05, 4.69) is 83.0 Å². The summed E-state index contributed by atoms with van der Waals surface area (Å²) in [7, 11) is -4.06. The summed E-state index contributed by atoms with van der Waals surface area (Å²) in [6, 6.07) is -0.768. The summed E-state index contributed by atoms with van der Waals surface area (Å²) in [6.45, 7) is 22.6. The predicted octanol–water partition coefficient (Wildman–Crippen LogP) is 4.01. The van der Waals surface area contributed by atoms with Crippen molar-refractivity contribution in [2.45, 2.75) is 115 Å². The number of fused-ring (bicyclic) bond motifs is 1. The van der Waals surface area contributed by atoms with E-state index in [1.807, 2.05) is 0 Å². The summed E-state index contributed by atoms with van der Waals surface area (Å²) in [5, 5.41) is 2.23. The molecule has 1 fully saturated rings. The van der Waals surface area contributed by atoms with Crippen molar-refractivity contribution >= 4 is 35.0 Å². The second kappa shape index (κ2) is 8.81. The lowest BCUT2D eigenvalue weighted by atomic mass is 10.1. The maximum Gasteiger partial charge on any atom is 0.286 e. The van der Waals surface area contributed by atoms with E-state index in [0.29, 0.717) is 13.0 Å². The first-order chi connectivity index (χ1) is 14.9. The topological polar surface area (TPSA) is 84.8 Å². The second-order valence-corrected chi connectivity index (χ2v) is 21.9. The number of hydrogen-bond acceptors (Lipinski definition) is 7. The Labute approximate surface area is 199 Å². The van der Waals surface area contributed by atoms with Gasteiger partial charge in [-0.15, -0.1) is 0 Å². The van der Waals surface area contributed by atoms with E-state index in [-0.39, 0.29) is 22.3 Å². The van der Waals surface area contributed by atoms with Gasteiger partial charge in [-0.1, -0.05) is 41.5 Å². The smallest absolute Gasteiger partial charge is 0.286 e. The van der Waals surface area contributed by atoms with Gasteiger partial charge in [-0.25, -0.2) is 4.99 Å². The van der Waals surface area contributed by atoms with Gasteiger partial charge in [0.25, 0.3) is 12.0 Å². The number of nitrogens with one attached hydrogen (secondary N) is 1. The molecule has 0 aliphatic carbocycles. The molecule has 0 saturated carbocycles. The highest BCUT2D eigenvalue weighted by molar-refractivity contribution is 6.74. The van der Waals surface area contributed by atoms with Crippen LogP contribution in [0.25, 0.3) is 0 Å². The molecule has 3 heterocycles. The molecule has 1 amide bonds. The van der Waals surface area contributed by atoms with Gasteiger partial charge in [0, 0.05) is 6.42 Å². The number of nitrogens with zero attached hydrogens (tertiary/aromatic N) is 3. The molecular weight excluding hydrogens is 459 g/mol. The van der Waals surface area contributed by atoms with Crippen LogP contribution < -0.4 is 5.32 Å². The second-order valence-electron chi connectivity index (χ2n) is 12.3. The maximum atomic E-state index is 13.9. The highest BCUT2D eigenvalue weighted by Crippen LogP contribution is 2.42. The van der Waals surface area contributed by atoms with Gasteiger partial charge in [0.1, 0.15) is 12.3 Å². The van der Waals surface area contributed by atoms with Gasteiger partial charge in [-0.3, -0.25) is 15.1 Å². The molecule has 3 aliphatic heterocycles. The standard InChI is InChI=1S/C22H41FN4O4Si2/c1-21(2,3)32(7,8)29-12-15-14(31-33(9,10)22(4,5)6)11-16(30-15)27-13-24-17-18(27)25-20(23)26-19(17)28/h13-18H,11-12H2,1-10H3,(H,25,26,28)/t14-,15+,16+,17?,18?/m0/s1. The van der Waals surface area contributed by atoms with Crippen molar-refractivity contribution in [3.8, 4) is 0 Å². The molecule has 8 nitrogen and oxygen atoms in total. The SMILES string of the molecule is CC(C)(C)[Si](C)(C)OC[C@H]1O[C@@H](N2C=NC3C(=O)NC(F)=NC32)C[C@@H]1O[Si](C)(C)C(C)(C)C. The number of carbonyl (C=O) groups excluding carboxylic acids is 1. The lowest BCUT2D eigenvalue weighted by Gasteiger charge is -2.40. The molecule has 0 bridgehead atoms. The molecule has 11 heteroatoms. The van der Waals surface area contributed by atoms with Crippen molar-refractivity contribution in [1.82, 2.24) is 10.2 Å². The molecule has 3 rings (SSSR count). The van der Waals surface area contributed by atoms with Gasteiger partial charge in [0.15, 0.2) is 28.8 Å². The first-order valence-corrected chi connectivity index (χ1v) is 17.6. The van der Waals surface area contributed by atoms with E-state index in [0.717, 1.165) is 0 Å². The third-order valence-corrected chi connectivity index (χ3v) is 16.9. The summed E-state index contributed by atoms with van der Waals surface area (Å²) < 4.78 is 33.6. The molecule has 0 radical (unpaired) electrons. The minimum absolute atomic E-state index is 0.0466. The Bertz CT molecular complexity index is 822. The average molecular weight is 501 g/mol. The van der Waals surface area contributed by atoms with Crippen molar-refractivity contribution in [3.63, 3.8) is 0 Å². The van der Waals surface area contributed by atoms with Gasteiger partial charge in [-0.05, 0) is 36.3 Å². The summed E-state index contributed by atoms with van der Waals surface area (Å²) in [5.41, 5.74) is 0. The summed E-state index contributed by atoms with van der Waals surface area (Å²) in [4.78, 5) is 22.1. The molecule has 1 saturated heterocycles. The molecule has 188 valence electrons. The van der Waals surface area contributed by atoms with Crippen molar-refractivity contribution in [1.29, 1.82) is 0 Å². The first-order valence-electron chi connectivity index (χ1n) is 11.8. The van der Waals surface area contributed by atoms with Crippen LogP contribution in [0, 0.1) is 0 Å². The quantitative estimate of drug-likeness (QED) is 0.440. The number of carbonyl (C=O) groups is 1. The van der Waals surface area contributed by atoms with Crippen molar-refractivity contribution in [3.05, 3.63) is 0 Å². The number of rotatable bonds is 6. The molecule has 0 aromatic carbocycles. The fourth-order valence-corrected chi connectivity index (χ4v) is 5.96. The Balaban J connectivity index is 1.80. The predicted molar refractivity (Wildman–Crippen MR) is 133 cm³/mol. The number of amides is 1. The van der Waals surface area contributed by atoms with Crippen LogP contribution in [-0.4, -0.2) is 77.1 Å². The largest absolute Gasteiger partial charge is 0.414 e. The Morgan fingerprint density at radius 1 is 1.15 bits per heavy atom. The molecule has 33 heavy (non-hydrogen) atoms. The Hall–Kier alpha value is -1.15. The highest BCUT2D eigenvalue weighted by Gasteiger charge is 2.50. The molecule has 0 aromatic heterocycles. The zero-order valence-electron chi connectivity index (χ0n) is 21.7. The van der Waals surface area contributed by atoms with E-state index < -0.39 is 47.1 Å². The fourth-order valence-electron chi connectivity index (χ4n) is 3.59. The van der Waals surface area contributed by atoms with Crippen molar-refractivity contribution in [2.75, 3.05) is 6.61 Å². The van der Waals surface area contributed by atoms with Gasteiger partial charge < -0.3 is 18.5 Å². The monoisotopic (exact) mass is 500 g/mol. The zero-order chi connectivity index (χ0) is 25.0. The van der Waals surface area contributed by atoms with E-state index in [9.17, 15) is 9.18 Å². The van der Waals surface area contributed by atoms with Crippen LogP contribution in [-0.2, 0) is 18.4 Å². The van der Waals surface area contributed by atoms with Crippen molar-refractivity contribution in [2.24, 2.45) is 9.98 Å². The molecule has 1 N–H and O–H groups in total. The van der Waals surface area contributed by atoms with E-state index in [1.165, 1.54) is 0 Å². The maximum absolute atomic E-state index is 13.9. The van der Waals surface area contributed by atoms with Crippen LogP contribution in [0.1, 0.15) is 48.0 Å². The number of ether oxygens (including phenoxy) is 1. The number of aliphatic imine (C=N–C) groups is 2. The zero-order valence-corrected chi connectivity index (χ0v) is 23.7. The number of halogens is 1. The van der Waals surface area contributed by atoms with E-state index >= 15 is 0 Å². The Morgan fingerprint density at radius 2 is 1.76 bits per heavy atom. The molecule has 3 aliphatic rings. The van der Waals surface area contributed by atoms with Crippen LogP contribution in [0.4, 0.5) is 4.39 Å². The van der Waals surface area contributed by atoms with Crippen LogP contribution in [0.3, 0.4) is 0 Å². The third-order valence-electron chi connectivity index (χ3n) is 7.87. The molecule has 2 unspecified atom stereocenters. The molecular formula is C22H41FN4O4Si2. The molecule has 0 spiro atoms. The van der Waals surface area contributed by atoms with Gasteiger partial charge in [-0.2, -0.15) is 4.39 Å². The van der Waals surface area contributed by atoms with Gasteiger partial charge in [0.05, 0.1) is 19.0 Å². The van der Waals surface area contributed by atoms with Crippen LogP contribution in [0.2, 0.25) is 36.3 Å².